The van der Waals surface area contributed by atoms with Crippen LogP contribution in [0.25, 0.3) is 16.7 Å². The minimum Gasteiger partial charge on any atom is -0.233 e. The zero-order chi connectivity index (χ0) is 13.6. The maximum atomic E-state index is 6.29. The van der Waals surface area contributed by atoms with Crippen LogP contribution in [0.1, 0.15) is 30.3 Å². The summed E-state index contributed by atoms with van der Waals surface area (Å²) in [6.07, 6.45) is 1.96. The highest BCUT2D eigenvalue weighted by Crippen LogP contribution is 2.24. The average molecular weight is 275 g/mol. The van der Waals surface area contributed by atoms with E-state index in [1.165, 1.54) is 0 Å². The summed E-state index contributed by atoms with van der Waals surface area (Å²) in [4.78, 5) is 9.14. The van der Waals surface area contributed by atoms with Crippen LogP contribution in [0.5, 0.6) is 0 Å². The Bertz CT molecular complexity index is 776. The highest BCUT2D eigenvalue weighted by atomic mass is 35.5. The van der Waals surface area contributed by atoms with Gasteiger partial charge in [-0.2, -0.15) is 0 Å². The molecule has 0 aliphatic carbocycles. The quantitative estimate of drug-likeness (QED) is 0.672. The number of aryl methyl sites for hydroxylation is 3. The molecule has 0 saturated heterocycles. The summed E-state index contributed by atoms with van der Waals surface area (Å²) in [5.41, 5.74) is 4.60. The SMILES string of the molecule is CCCc1cc(Cl)n2nc3nc(C)cc(C)c3c2n1. The molecule has 19 heavy (non-hydrogen) atoms. The second-order valence-corrected chi connectivity index (χ2v) is 5.22. The fraction of sp³-hybridized carbons (Fsp3) is 0.357. The zero-order valence-corrected chi connectivity index (χ0v) is 12.0. The lowest BCUT2D eigenvalue weighted by atomic mass is 10.2. The number of nitrogens with zero attached hydrogens (tertiary/aromatic N) is 4. The molecule has 0 saturated carbocycles. The number of hydrogen-bond acceptors (Lipinski definition) is 3. The van der Waals surface area contributed by atoms with Crippen LogP contribution in [0, 0.1) is 13.8 Å². The Hall–Kier alpha value is -1.68. The molecule has 0 unspecified atom stereocenters. The van der Waals surface area contributed by atoms with Gasteiger partial charge in [0.2, 0.25) is 0 Å². The molecule has 3 aromatic rings. The highest BCUT2D eigenvalue weighted by Gasteiger charge is 2.14. The van der Waals surface area contributed by atoms with E-state index in [1.807, 2.05) is 19.1 Å². The summed E-state index contributed by atoms with van der Waals surface area (Å²) in [6, 6.07) is 3.93. The standard InChI is InChI=1S/C14H15ClN4/c1-4-5-10-7-11(15)19-14(17-10)12-8(2)6-9(3)16-13(12)18-19/h6-7H,4-5H2,1-3H3. The van der Waals surface area contributed by atoms with E-state index in [-0.39, 0.29) is 0 Å². The molecule has 3 rings (SSSR count). The van der Waals surface area contributed by atoms with Gasteiger partial charge in [-0.15, -0.1) is 5.10 Å². The van der Waals surface area contributed by atoms with Gasteiger partial charge in [-0.3, -0.25) is 0 Å². The molecule has 98 valence electrons. The Morgan fingerprint density at radius 2 is 2.00 bits per heavy atom. The number of fused-ring (bicyclic) bond motifs is 3. The van der Waals surface area contributed by atoms with E-state index in [9.17, 15) is 0 Å². The van der Waals surface area contributed by atoms with E-state index in [2.05, 4.69) is 28.9 Å². The molecule has 3 heterocycles. The molecule has 0 N–H and O–H groups in total. The van der Waals surface area contributed by atoms with E-state index in [0.29, 0.717) is 10.8 Å². The van der Waals surface area contributed by atoms with Crippen LogP contribution >= 0.6 is 11.6 Å². The van der Waals surface area contributed by atoms with E-state index in [0.717, 1.165) is 40.8 Å². The molecule has 0 bridgehead atoms. The Morgan fingerprint density at radius 3 is 2.74 bits per heavy atom. The molecule has 0 aliphatic heterocycles. The van der Waals surface area contributed by atoms with Gasteiger partial charge >= 0.3 is 0 Å². The maximum Gasteiger partial charge on any atom is 0.184 e. The van der Waals surface area contributed by atoms with Gasteiger partial charge in [0.05, 0.1) is 5.39 Å². The van der Waals surface area contributed by atoms with Crippen LogP contribution in [0.2, 0.25) is 5.15 Å². The first-order valence-corrected chi connectivity index (χ1v) is 6.80. The number of halogens is 1. The van der Waals surface area contributed by atoms with E-state index >= 15 is 0 Å². The van der Waals surface area contributed by atoms with Gasteiger partial charge in [0.15, 0.2) is 11.3 Å². The smallest absolute Gasteiger partial charge is 0.184 e. The van der Waals surface area contributed by atoms with Crippen molar-refractivity contribution in [2.75, 3.05) is 0 Å². The van der Waals surface area contributed by atoms with Crippen LogP contribution in [-0.2, 0) is 6.42 Å². The summed E-state index contributed by atoms with van der Waals surface area (Å²) < 4.78 is 1.67. The van der Waals surface area contributed by atoms with Gasteiger partial charge in [-0.1, -0.05) is 24.9 Å². The molecular weight excluding hydrogens is 260 g/mol. The number of hydrogen-bond donors (Lipinski definition) is 0. The summed E-state index contributed by atoms with van der Waals surface area (Å²) in [5.74, 6) is 0. The monoisotopic (exact) mass is 274 g/mol. The minimum atomic E-state index is 0.587. The van der Waals surface area contributed by atoms with Crippen LogP contribution in [0.15, 0.2) is 12.1 Å². The fourth-order valence-corrected chi connectivity index (χ4v) is 2.66. The normalized spacial score (nSPS) is 11.6. The molecule has 0 aromatic carbocycles. The highest BCUT2D eigenvalue weighted by molar-refractivity contribution is 6.30. The Morgan fingerprint density at radius 1 is 1.21 bits per heavy atom. The summed E-state index contributed by atoms with van der Waals surface area (Å²) in [5, 5.41) is 6.03. The summed E-state index contributed by atoms with van der Waals surface area (Å²) >= 11 is 6.29. The van der Waals surface area contributed by atoms with Crippen molar-refractivity contribution in [1.29, 1.82) is 0 Å². The molecule has 0 spiro atoms. The van der Waals surface area contributed by atoms with Gasteiger partial charge in [-0.25, -0.2) is 14.5 Å². The third-order valence-electron chi connectivity index (χ3n) is 3.19. The van der Waals surface area contributed by atoms with E-state index < -0.39 is 0 Å². The van der Waals surface area contributed by atoms with Gasteiger partial charge in [0.25, 0.3) is 0 Å². The molecule has 0 aliphatic rings. The van der Waals surface area contributed by atoms with Crippen molar-refractivity contribution in [3.8, 4) is 0 Å². The van der Waals surface area contributed by atoms with Crippen molar-refractivity contribution in [2.45, 2.75) is 33.6 Å². The Kier molecular flexibility index (Phi) is 2.90. The molecule has 0 atom stereocenters. The number of rotatable bonds is 2. The van der Waals surface area contributed by atoms with Crippen LogP contribution in [0.3, 0.4) is 0 Å². The number of pyridine rings is 1. The first-order chi connectivity index (χ1) is 9.10. The van der Waals surface area contributed by atoms with Gasteiger partial charge in [0, 0.05) is 11.4 Å². The third kappa shape index (κ3) is 1.96. The third-order valence-corrected chi connectivity index (χ3v) is 3.46. The lowest BCUT2D eigenvalue weighted by Gasteiger charge is -2.02. The van der Waals surface area contributed by atoms with Crippen LogP contribution in [-0.4, -0.2) is 19.6 Å². The Balaban J connectivity index is 2.42. The molecule has 0 amide bonds. The zero-order valence-electron chi connectivity index (χ0n) is 11.2. The molecule has 3 aromatic heterocycles. The molecule has 5 heteroatoms. The van der Waals surface area contributed by atoms with Crippen molar-refractivity contribution >= 4 is 28.3 Å². The summed E-state index contributed by atoms with van der Waals surface area (Å²) in [7, 11) is 0. The molecular formula is C14H15ClN4. The average Bonchev–Trinajstić information content (AvgIpc) is 2.68. The van der Waals surface area contributed by atoms with Crippen molar-refractivity contribution in [3.63, 3.8) is 0 Å². The second kappa shape index (κ2) is 4.46. The predicted molar refractivity (Wildman–Crippen MR) is 76.8 cm³/mol. The van der Waals surface area contributed by atoms with Gasteiger partial charge < -0.3 is 0 Å². The van der Waals surface area contributed by atoms with Crippen molar-refractivity contribution in [2.24, 2.45) is 0 Å². The van der Waals surface area contributed by atoms with Crippen LogP contribution in [0.4, 0.5) is 0 Å². The Labute approximate surface area is 116 Å². The van der Waals surface area contributed by atoms with Crippen molar-refractivity contribution < 1.29 is 0 Å². The fourth-order valence-electron chi connectivity index (χ4n) is 2.42. The lowest BCUT2D eigenvalue weighted by molar-refractivity contribution is 0.860. The molecule has 0 radical (unpaired) electrons. The maximum absolute atomic E-state index is 6.29. The first-order valence-electron chi connectivity index (χ1n) is 6.42. The van der Waals surface area contributed by atoms with Gasteiger partial charge in [-0.05, 0) is 38.0 Å². The van der Waals surface area contributed by atoms with E-state index in [4.69, 9.17) is 11.6 Å². The second-order valence-electron chi connectivity index (χ2n) is 4.83. The molecule has 0 fully saturated rings. The first kappa shape index (κ1) is 12.4. The largest absolute Gasteiger partial charge is 0.233 e. The van der Waals surface area contributed by atoms with Crippen LogP contribution < -0.4 is 0 Å². The lowest BCUT2D eigenvalue weighted by Crippen LogP contribution is -1.97. The summed E-state index contributed by atoms with van der Waals surface area (Å²) in [6.45, 7) is 6.15. The van der Waals surface area contributed by atoms with Crippen molar-refractivity contribution in [3.05, 3.63) is 34.2 Å². The van der Waals surface area contributed by atoms with Crippen molar-refractivity contribution in [1.82, 2.24) is 19.6 Å². The predicted octanol–water partition coefficient (Wildman–Crippen LogP) is 3.50. The topological polar surface area (TPSA) is 43.1 Å². The molecule has 4 nitrogen and oxygen atoms in total. The minimum absolute atomic E-state index is 0.587. The number of aromatic nitrogens is 4. The van der Waals surface area contributed by atoms with E-state index in [1.54, 1.807) is 4.52 Å². The van der Waals surface area contributed by atoms with Gasteiger partial charge in [0.1, 0.15) is 5.15 Å².